The molecule has 0 saturated carbocycles. The summed E-state index contributed by atoms with van der Waals surface area (Å²) < 4.78 is 37.4. The van der Waals surface area contributed by atoms with Gasteiger partial charge in [-0.15, -0.1) is 0 Å². The van der Waals surface area contributed by atoms with E-state index in [1.807, 2.05) is 0 Å². The number of amides is 1. The first-order valence-electron chi connectivity index (χ1n) is 6.88. The van der Waals surface area contributed by atoms with Crippen LogP contribution in [0.4, 0.5) is 15.8 Å². The molecular formula is C13H16FN3O5S. The molecule has 1 N–H and O–H groups in total. The number of nitrogens with one attached hydrogen (secondary N) is 1. The Balaban J connectivity index is 2.15. The second-order valence-electron chi connectivity index (χ2n) is 5.37. The van der Waals surface area contributed by atoms with Crippen LogP contribution in [0.2, 0.25) is 0 Å². The van der Waals surface area contributed by atoms with Gasteiger partial charge in [0, 0.05) is 13.1 Å². The van der Waals surface area contributed by atoms with E-state index in [-0.39, 0.29) is 12.2 Å². The number of anilines is 1. The third-order valence-electron chi connectivity index (χ3n) is 3.64. The Morgan fingerprint density at radius 3 is 2.78 bits per heavy atom. The van der Waals surface area contributed by atoms with E-state index in [0.29, 0.717) is 19.4 Å². The van der Waals surface area contributed by atoms with Crippen molar-refractivity contribution < 1.29 is 22.5 Å². The zero-order valence-electron chi connectivity index (χ0n) is 12.4. The normalized spacial score (nSPS) is 19.3. The number of rotatable bonds is 4. The quantitative estimate of drug-likeness (QED) is 0.654. The number of hydrogen-bond acceptors (Lipinski definition) is 5. The SMILES string of the molecule is CS(=O)(=O)N1CCC[C@H](C(=O)Nc2ccc(F)cc2[N+](=O)[O-])C1. The predicted octanol–water partition coefficient (Wildman–Crippen LogP) is 1.34. The van der Waals surface area contributed by atoms with Gasteiger partial charge in [-0.1, -0.05) is 0 Å². The smallest absolute Gasteiger partial charge is 0.295 e. The van der Waals surface area contributed by atoms with Gasteiger partial charge in [0.05, 0.1) is 23.2 Å². The fourth-order valence-corrected chi connectivity index (χ4v) is 3.37. The van der Waals surface area contributed by atoms with E-state index < -0.39 is 38.3 Å². The third-order valence-corrected chi connectivity index (χ3v) is 4.91. The zero-order chi connectivity index (χ0) is 17.2. The van der Waals surface area contributed by atoms with Crippen molar-refractivity contribution in [1.82, 2.24) is 4.31 Å². The molecule has 10 heteroatoms. The Morgan fingerprint density at radius 2 is 2.17 bits per heavy atom. The summed E-state index contributed by atoms with van der Waals surface area (Å²) in [5.74, 6) is -1.91. The number of nitro benzene ring substituents is 1. The molecule has 23 heavy (non-hydrogen) atoms. The van der Waals surface area contributed by atoms with Gasteiger partial charge in [0.15, 0.2) is 0 Å². The van der Waals surface area contributed by atoms with Crippen molar-refractivity contribution in [2.75, 3.05) is 24.7 Å². The Kier molecular flexibility index (Phi) is 4.95. The zero-order valence-corrected chi connectivity index (χ0v) is 13.2. The number of halogens is 1. The van der Waals surface area contributed by atoms with Crippen molar-refractivity contribution in [2.45, 2.75) is 12.8 Å². The number of piperidine rings is 1. The molecule has 0 radical (unpaired) electrons. The van der Waals surface area contributed by atoms with Crippen molar-refractivity contribution >= 4 is 27.3 Å². The van der Waals surface area contributed by atoms with Gasteiger partial charge in [-0.3, -0.25) is 14.9 Å². The number of nitrogens with zero attached hydrogens (tertiary/aromatic N) is 2. The molecule has 1 aliphatic heterocycles. The lowest BCUT2D eigenvalue weighted by molar-refractivity contribution is -0.384. The summed E-state index contributed by atoms with van der Waals surface area (Å²) in [6.45, 7) is 0.374. The van der Waals surface area contributed by atoms with Crippen LogP contribution in [0, 0.1) is 21.8 Å². The topological polar surface area (TPSA) is 110 Å². The largest absolute Gasteiger partial charge is 0.320 e. The molecule has 0 aromatic heterocycles. The molecule has 0 spiro atoms. The minimum Gasteiger partial charge on any atom is -0.320 e. The molecule has 1 saturated heterocycles. The van der Waals surface area contributed by atoms with Crippen LogP contribution < -0.4 is 5.32 Å². The molecule has 2 rings (SSSR count). The maximum absolute atomic E-state index is 13.1. The predicted molar refractivity (Wildman–Crippen MR) is 80.8 cm³/mol. The molecule has 8 nitrogen and oxygen atoms in total. The van der Waals surface area contributed by atoms with Gasteiger partial charge >= 0.3 is 0 Å². The monoisotopic (exact) mass is 345 g/mol. The minimum absolute atomic E-state index is 0.0274. The molecule has 0 aliphatic carbocycles. The van der Waals surface area contributed by atoms with Crippen LogP contribution >= 0.6 is 0 Å². The summed E-state index contributed by atoms with van der Waals surface area (Å²) in [6.07, 6.45) is 2.07. The molecule has 1 amide bonds. The van der Waals surface area contributed by atoms with Gasteiger partial charge in [-0.05, 0) is 25.0 Å². The number of hydrogen-bond donors (Lipinski definition) is 1. The van der Waals surface area contributed by atoms with E-state index in [9.17, 15) is 27.7 Å². The van der Waals surface area contributed by atoms with Gasteiger partial charge in [0.2, 0.25) is 15.9 Å². The first-order chi connectivity index (χ1) is 10.7. The van der Waals surface area contributed by atoms with Crippen LogP contribution in [0.1, 0.15) is 12.8 Å². The molecule has 1 aliphatic rings. The summed E-state index contributed by atoms with van der Waals surface area (Å²) in [5.41, 5.74) is -0.660. The molecule has 1 aromatic carbocycles. The van der Waals surface area contributed by atoms with Crippen molar-refractivity contribution in [3.63, 3.8) is 0 Å². The van der Waals surface area contributed by atoms with E-state index in [0.717, 1.165) is 24.5 Å². The molecule has 126 valence electrons. The molecule has 1 atom stereocenters. The Bertz CT molecular complexity index is 737. The summed E-state index contributed by atoms with van der Waals surface area (Å²) in [6, 6.07) is 2.84. The van der Waals surface area contributed by atoms with E-state index in [1.165, 1.54) is 4.31 Å². The number of sulfonamides is 1. The average Bonchev–Trinajstić information content (AvgIpc) is 2.48. The van der Waals surface area contributed by atoms with Gasteiger partial charge in [-0.25, -0.2) is 17.1 Å². The van der Waals surface area contributed by atoms with Crippen LogP contribution in [-0.2, 0) is 14.8 Å². The maximum Gasteiger partial charge on any atom is 0.295 e. The molecule has 0 bridgehead atoms. The lowest BCUT2D eigenvalue weighted by atomic mass is 9.98. The number of carbonyl (C=O) groups excluding carboxylic acids is 1. The van der Waals surface area contributed by atoms with E-state index in [1.54, 1.807) is 0 Å². The summed E-state index contributed by atoms with van der Waals surface area (Å²) in [5, 5.41) is 13.3. The van der Waals surface area contributed by atoms with Crippen molar-refractivity contribution in [2.24, 2.45) is 5.92 Å². The third kappa shape index (κ3) is 4.23. The lowest BCUT2D eigenvalue weighted by Crippen LogP contribution is -2.43. The fraction of sp³-hybridized carbons (Fsp3) is 0.462. The number of nitro groups is 1. The maximum atomic E-state index is 13.1. The van der Waals surface area contributed by atoms with Gasteiger partial charge < -0.3 is 5.32 Å². The number of benzene rings is 1. The Hall–Kier alpha value is -2.07. The van der Waals surface area contributed by atoms with Crippen LogP contribution in [-0.4, -0.2) is 42.9 Å². The standard InChI is InChI=1S/C13H16FN3O5S/c1-23(21,22)16-6-2-3-9(8-16)13(18)15-11-5-4-10(14)7-12(11)17(19)20/h4-5,7,9H,2-3,6,8H2,1H3,(H,15,18)/t9-/m0/s1. The first kappa shape index (κ1) is 17.3. The highest BCUT2D eigenvalue weighted by molar-refractivity contribution is 7.88. The van der Waals surface area contributed by atoms with Crippen LogP contribution in [0.15, 0.2) is 18.2 Å². The van der Waals surface area contributed by atoms with Crippen LogP contribution in [0.3, 0.4) is 0 Å². The highest BCUT2D eigenvalue weighted by Gasteiger charge is 2.31. The second kappa shape index (κ2) is 6.59. The average molecular weight is 345 g/mol. The van der Waals surface area contributed by atoms with E-state index in [4.69, 9.17) is 0 Å². The molecule has 1 fully saturated rings. The minimum atomic E-state index is -3.40. The van der Waals surface area contributed by atoms with Crippen molar-refractivity contribution in [1.29, 1.82) is 0 Å². The van der Waals surface area contributed by atoms with Crippen LogP contribution in [0.25, 0.3) is 0 Å². The fourth-order valence-electron chi connectivity index (χ4n) is 2.45. The highest BCUT2D eigenvalue weighted by Crippen LogP contribution is 2.27. The Morgan fingerprint density at radius 1 is 1.48 bits per heavy atom. The molecule has 0 unspecified atom stereocenters. The molecule has 1 aromatic rings. The van der Waals surface area contributed by atoms with Crippen molar-refractivity contribution in [3.05, 3.63) is 34.1 Å². The molecule has 1 heterocycles. The lowest BCUT2D eigenvalue weighted by Gasteiger charge is -2.30. The van der Waals surface area contributed by atoms with Crippen molar-refractivity contribution in [3.8, 4) is 0 Å². The first-order valence-corrected chi connectivity index (χ1v) is 8.73. The Labute approximate surface area is 132 Å². The molecular weight excluding hydrogens is 329 g/mol. The number of carbonyl (C=O) groups is 1. The second-order valence-corrected chi connectivity index (χ2v) is 7.35. The van der Waals surface area contributed by atoms with E-state index in [2.05, 4.69) is 5.32 Å². The van der Waals surface area contributed by atoms with Gasteiger partial charge in [0.25, 0.3) is 5.69 Å². The van der Waals surface area contributed by atoms with Gasteiger partial charge in [0.1, 0.15) is 11.5 Å². The summed E-state index contributed by atoms with van der Waals surface area (Å²) >= 11 is 0. The van der Waals surface area contributed by atoms with Gasteiger partial charge in [-0.2, -0.15) is 0 Å². The summed E-state index contributed by atoms with van der Waals surface area (Å²) in [7, 11) is -3.40. The van der Waals surface area contributed by atoms with E-state index >= 15 is 0 Å². The highest BCUT2D eigenvalue weighted by atomic mass is 32.2. The van der Waals surface area contributed by atoms with Crippen LogP contribution in [0.5, 0.6) is 0 Å². The summed E-state index contributed by atoms with van der Waals surface area (Å²) in [4.78, 5) is 22.4.